The fourth-order valence-electron chi connectivity index (χ4n) is 1.89. The molecule has 0 radical (unpaired) electrons. The van der Waals surface area contributed by atoms with Crippen molar-refractivity contribution in [3.05, 3.63) is 29.3 Å². The Kier molecular flexibility index (Phi) is 3.50. The summed E-state index contributed by atoms with van der Waals surface area (Å²) in [6.07, 6.45) is 2.15. The zero-order valence-corrected chi connectivity index (χ0v) is 10.2. The number of nitrogens with two attached hydrogens (primary N) is 1. The number of hydrogen-bond acceptors (Lipinski definition) is 2. The highest BCUT2D eigenvalue weighted by molar-refractivity contribution is 5.95. The molecule has 0 aromatic heterocycles. The molecule has 2 rings (SSSR count). The molecule has 0 unspecified atom stereocenters. The average molecular weight is 254 g/mol. The second-order valence-electron chi connectivity index (χ2n) is 4.61. The lowest BCUT2D eigenvalue weighted by Crippen LogP contribution is -2.34. The Morgan fingerprint density at radius 2 is 2.11 bits per heavy atom. The van der Waals surface area contributed by atoms with Crippen LogP contribution in [0.4, 0.5) is 14.5 Å². The Hall–Kier alpha value is -1.65. The summed E-state index contributed by atoms with van der Waals surface area (Å²) in [5.74, 6) is -1.97. The van der Waals surface area contributed by atoms with Gasteiger partial charge in [-0.05, 0) is 37.8 Å². The lowest BCUT2D eigenvalue weighted by Gasteiger charge is -2.21. The maximum atomic E-state index is 13.8. The van der Waals surface area contributed by atoms with Crippen LogP contribution in [0.1, 0.15) is 30.1 Å². The number of anilines is 1. The molecule has 1 aromatic carbocycles. The number of carbonyl (C=O) groups excluding carboxylic acids is 1. The van der Waals surface area contributed by atoms with E-state index in [9.17, 15) is 13.6 Å². The third-order valence-corrected chi connectivity index (χ3v) is 3.18. The summed E-state index contributed by atoms with van der Waals surface area (Å²) in [6, 6.07) is 2.15. The van der Waals surface area contributed by atoms with Crippen LogP contribution < -0.4 is 5.73 Å². The van der Waals surface area contributed by atoms with Gasteiger partial charge in [-0.25, -0.2) is 8.78 Å². The summed E-state index contributed by atoms with van der Waals surface area (Å²) < 4.78 is 27.3. The lowest BCUT2D eigenvalue weighted by atomic mass is 10.1. The molecule has 3 nitrogen and oxygen atoms in total. The first kappa shape index (κ1) is 12.8. The number of hydrogen-bond donors (Lipinski definition) is 1. The van der Waals surface area contributed by atoms with Gasteiger partial charge in [0.15, 0.2) is 5.82 Å². The van der Waals surface area contributed by atoms with Crippen LogP contribution in [0, 0.1) is 17.6 Å². The van der Waals surface area contributed by atoms with Gasteiger partial charge in [0, 0.05) is 13.1 Å². The molecule has 1 aromatic rings. The molecule has 0 spiro atoms. The number of benzene rings is 1. The van der Waals surface area contributed by atoms with Gasteiger partial charge in [-0.15, -0.1) is 0 Å². The monoisotopic (exact) mass is 254 g/mol. The van der Waals surface area contributed by atoms with Gasteiger partial charge in [0.05, 0.1) is 5.69 Å². The molecule has 0 atom stereocenters. The number of nitrogen functional groups attached to an aromatic ring is 1. The summed E-state index contributed by atoms with van der Waals surface area (Å²) in [7, 11) is 0. The van der Waals surface area contributed by atoms with E-state index in [1.54, 1.807) is 6.92 Å². The van der Waals surface area contributed by atoms with Crippen LogP contribution in [-0.4, -0.2) is 23.9 Å². The van der Waals surface area contributed by atoms with Crippen LogP contribution in [0.3, 0.4) is 0 Å². The van der Waals surface area contributed by atoms with Crippen molar-refractivity contribution in [3.63, 3.8) is 0 Å². The number of rotatable bonds is 4. The lowest BCUT2D eigenvalue weighted by molar-refractivity contribution is 0.0747. The Morgan fingerprint density at radius 3 is 2.67 bits per heavy atom. The van der Waals surface area contributed by atoms with Gasteiger partial charge in [0.1, 0.15) is 11.4 Å². The first-order valence-electron chi connectivity index (χ1n) is 6.07. The molecule has 1 aliphatic carbocycles. The van der Waals surface area contributed by atoms with E-state index in [2.05, 4.69) is 0 Å². The third kappa shape index (κ3) is 2.44. The molecule has 98 valence electrons. The fraction of sp³-hybridized carbons (Fsp3) is 0.462. The maximum absolute atomic E-state index is 13.8. The molecule has 18 heavy (non-hydrogen) atoms. The van der Waals surface area contributed by atoms with Crippen LogP contribution >= 0.6 is 0 Å². The summed E-state index contributed by atoms with van der Waals surface area (Å²) >= 11 is 0. The highest BCUT2D eigenvalue weighted by Gasteiger charge is 2.29. The molecule has 1 fully saturated rings. The first-order chi connectivity index (χ1) is 8.54. The summed E-state index contributed by atoms with van der Waals surface area (Å²) in [5, 5.41) is 0. The van der Waals surface area contributed by atoms with Crippen molar-refractivity contribution in [2.24, 2.45) is 5.92 Å². The normalized spacial score (nSPS) is 14.6. The zero-order chi connectivity index (χ0) is 13.3. The second kappa shape index (κ2) is 4.92. The van der Waals surface area contributed by atoms with Crippen LogP contribution in [0.2, 0.25) is 0 Å². The number of amides is 1. The number of carbonyl (C=O) groups is 1. The Bertz CT molecular complexity index is 472. The van der Waals surface area contributed by atoms with Crippen molar-refractivity contribution in [1.29, 1.82) is 0 Å². The van der Waals surface area contributed by atoms with E-state index < -0.39 is 23.1 Å². The molecule has 1 saturated carbocycles. The molecule has 0 heterocycles. The van der Waals surface area contributed by atoms with E-state index in [1.807, 2.05) is 0 Å². The summed E-state index contributed by atoms with van der Waals surface area (Å²) in [4.78, 5) is 13.6. The molecule has 0 saturated heterocycles. The first-order valence-corrected chi connectivity index (χ1v) is 6.07. The summed E-state index contributed by atoms with van der Waals surface area (Å²) in [6.45, 7) is 2.79. The van der Waals surface area contributed by atoms with E-state index in [0.29, 0.717) is 19.0 Å². The van der Waals surface area contributed by atoms with Gasteiger partial charge in [0.2, 0.25) is 0 Å². The highest BCUT2D eigenvalue weighted by atomic mass is 19.1. The predicted molar refractivity (Wildman–Crippen MR) is 65.1 cm³/mol. The Labute approximate surface area is 105 Å². The van der Waals surface area contributed by atoms with Crippen molar-refractivity contribution < 1.29 is 13.6 Å². The van der Waals surface area contributed by atoms with Gasteiger partial charge in [-0.3, -0.25) is 4.79 Å². The van der Waals surface area contributed by atoms with Crippen LogP contribution in [0.5, 0.6) is 0 Å². The van der Waals surface area contributed by atoms with Gasteiger partial charge < -0.3 is 10.6 Å². The maximum Gasteiger partial charge on any atom is 0.259 e. The van der Waals surface area contributed by atoms with Crippen molar-refractivity contribution in [3.8, 4) is 0 Å². The third-order valence-electron chi connectivity index (χ3n) is 3.18. The number of halogens is 2. The average Bonchev–Trinajstić information content (AvgIpc) is 3.15. The predicted octanol–water partition coefficient (Wildman–Crippen LogP) is 2.42. The molecule has 1 aliphatic rings. The highest BCUT2D eigenvalue weighted by Crippen LogP contribution is 2.30. The molecular weight excluding hydrogens is 238 g/mol. The molecule has 1 amide bonds. The smallest absolute Gasteiger partial charge is 0.259 e. The Balaban J connectivity index is 2.28. The van der Waals surface area contributed by atoms with Gasteiger partial charge in [-0.1, -0.05) is 0 Å². The molecule has 0 aliphatic heterocycles. The fourth-order valence-corrected chi connectivity index (χ4v) is 1.89. The van der Waals surface area contributed by atoms with Crippen LogP contribution in [0.15, 0.2) is 12.1 Å². The molecule has 0 bridgehead atoms. The van der Waals surface area contributed by atoms with E-state index in [-0.39, 0.29) is 5.69 Å². The number of nitrogens with zero attached hydrogens (tertiary/aromatic N) is 1. The quantitative estimate of drug-likeness (QED) is 0.839. The standard InChI is InChI=1S/C13H16F2N2O/c1-2-17(7-8-3-4-8)13(18)11-9(14)5-6-10(16)12(11)15/h5-6,8H,2-4,7,16H2,1H3. The zero-order valence-electron chi connectivity index (χ0n) is 10.2. The van der Waals surface area contributed by atoms with Crippen molar-refractivity contribution >= 4 is 11.6 Å². The van der Waals surface area contributed by atoms with Crippen molar-refractivity contribution in [2.75, 3.05) is 18.8 Å². The van der Waals surface area contributed by atoms with Crippen LogP contribution in [0.25, 0.3) is 0 Å². The molecule has 5 heteroatoms. The minimum Gasteiger partial charge on any atom is -0.396 e. The second-order valence-corrected chi connectivity index (χ2v) is 4.61. The van der Waals surface area contributed by atoms with Crippen molar-refractivity contribution in [2.45, 2.75) is 19.8 Å². The van der Waals surface area contributed by atoms with E-state index in [0.717, 1.165) is 25.0 Å². The Morgan fingerprint density at radius 1 is 1.44 bits per heavy atom. The van der Waals surface area contributed by atoms with Crippen LogP contribution in [-0.2, 0) is 0 Å². The van der Waals surface area contributed by atoms with Gasteiger partial charge in [0.25, 0.3) is 5.91 Å². The largest absolute Gasteiger partial charge is 0.396 e. The minimum atomic E-state index is -0.964. The minimum absolute atomic E-state index is 0.206. The van der Waals surface area contributed by atoms with E-state index in [4.69, 9.17) is 5.73 Å². The van der Waals surface area contributed by atoms with E-state index in [1.165, 1.54) is 4.90 Å². The summed E-state index contributed by atoms with van der Waals surface area (Å²) in [5.41, 5.74) is 4.62. The molecule has 2 N–H and O–H groups in total. The SMILES string of the molecule is CCN(CC1CC1)C(=O)c1c(F)ccc(N)c1F. The van der Waals surface area contributed by atoms with E-state index >= 15 is 0 Å². The van der Waals surface area contributed by atoms with Gasteiger partial charge >= 0.3 is 0 Å². The van der Waals surface area contributed by atoms with Crippen molar-refractivity contribution in [1.82, 2.24) is 4.90 Å². The topological polar surface area (TPSA) is 46.3 Å². The molecular formula is C13H16F2N2O. The van der Waals surface area contributed by atoms with Gasteiger partial charge in [-0.2, -0.15) is 0 Å².